The van der Waals surface area contributed by atoms with Crippen LogP contribution in [0.3, 0.4) is 0 Å². The molecule has 0 aliphatic rings. The first-order valence-corrected chi connectivity index (χ1v) is 8.98. The summed E-state index contributed by atoms with van der Waals surface area (Å²) in [6, 6.07) is 12.1. The van der Waals surface area contributed by atoms with E-state index in [4.69, 9.17) is 23.2 Å². The van der Waals surface area contributed by atoms with E-state index in [-0.39, 0.29) is 6.04 Å². The molecule has 2 aromatic carbocycles. The van der Waals surface area contributed by atoms with E-state index in [0.717, 1.165) is 27.5 Å². The van der Waals surface area contributed by atoms with Gasteiger partial charge in [-0.05, 0) is 48.4 Å². The Morgan fingerprint density at radius 2 is 1.90 bits per heavy atom. The molecule has 2 aromatic rings. The Morgan fingerprint density at radius 1 is 1.14 bits per heavy atom. The van der Waals surface area contributed by atoms with Gasteiger partial charge in [-0.25, -0.2) is 0 Å². The maximum Gasteiger partial charge on any atom is 0.0624 e. The van der Waals surface area contributed by atoms with Crippen LogP contribution in [0.25, 0.3) is 0 Å². The number of hydrogen-bond donors (Lipinski definition) is 1. The number of likely N-dealkylation sites (N-methyl/N-ethyl adjacent to an activating group) is 1. The molecule has 1 nitrogen and oxygen atoms in total. The third-order valence-electron chi connectivity index (χ3n) is 3.24. The lowest BCUT2D eigenvalue weighted by molar-refractivity contribution is 0.548. The van der Waals surface area contributed by atoms with E-state index in [1.807, 2.05) is 30.3 Å². The van der Waals surface area contributed by atoms with Crippen LogP contribution >= 0.6 is 55.1 Å². The van der Waals surface area contributed by atoms with Gasteiger partial charge in [0.05, 0.1) is 10.0 Å². The summed E-state index contributed by atoms with van der Waals surface area (Å²) in [4.78, 5) is 0. The average molecular weight is 452 g/mol. The second-order valence-electron chi connectivity index (χ2n) is 4.69. The molecule has 0 saturated carbocycles. The standard InChI is InChI=1S/C16H15Br2Cl2N/c1-2-21-15(12-9-11(17)6-7-13(12)18)8-10-4-3-5-14(19)16(10)20/h3-7,9,15,21H,2,8H2,1H3. The number of nitrogens with one attached hydrogen (secondary N) is 1. The average Bonchev–Trinajstić information content (AvgIpc) is 2.46. The number of hydrogen-bond acceptors (Lipinski definition) is 1. The fourth-order valence-electron chi connectivity index (χ4n) is 2.25. The van der Waals surface area contributed by atoms with E-state index in [2.05, 4.69) is 50.2 Å². The quantitative estimate of drug-likeness (QED) is 0.553. The number of benzene rings is 2. The summed E-state index contributed by atoms with van der Waals surface area (Å²) in [6.07, 6.45) is 0.780. The SMILES string of the molecule is CCNC(Cc1cccc(Cl)c1Cl)c1cc(Br)ccc1Br. The van der Waals surface area contributed by atoms with E-state index < -0.39 is 0 Å². The molecule has 0 aliphatic heterocycles. The van der Waals surface area contributed by atoms with Crippen LogP contribution in [0.2, 0.25) is 10.0 Å². The normalized spacial score (nSPS) is 12.4. The topological polar surface area (TPSA) is 12.0 Å². The first kappa shape index (κ1) is 17.3. The zero-order chi connectivity index (χ0) is 15.4. The third-order valence-corrected chi connectivity index (χ3v) is 5.31. The van der Waals surface area contributed by atoms with Crippen LogP contribution in [-0.2, 0) is 6.42 Å². The van der Waals surface area contributed by atoms with Crippen LogP contribution in [0.5, 0.6) is 0 Å². The van der Waals surface area contributed by atoms with Crippen molar-refractivity contribution in [2.24, 2.45) is 0 Å². The van der Waals surface area contributed by atoms with Gasteiger partial charge in [-0.3, -0.25) is 0 Å². The van der Waals surface area contributed by atoms with Crippen LogP contribution < -0.4 is 5.32 Å². The van der Waals surface area contributed by atoms with Gasteiger partial charge in [0.2, 0.25) is 0 Å². The highest BCUT2D eigenvalue weighted by molar-refractivity contribution is 9.11. The first-order chi connectivity index (χ1) is 10.0. The third kappa shape index (κ3) is 4.46. The molecule has 0 aromatic heterocycles. The van der Waals surface area contributed by atoms with Crippen molar-refractivity contribution in [2.75, 3.05) is 6.54 Å². The zero-order valence-corrected chi connectivity index (χ0v) is 16.2. The molecule has 0 spiro atoms. The Hall–Kier alpha value is -0.0600. The highest BCUT2D eigenvalue weighted by atomic mass is 79.9. The lowest BCUT2D eigenvalue weighted by Crippen LogP contribution is -2.23. The fraction of sp³-hybridized carbons (Fsp3) is 0.250. The Morgan fingerprint density at radius 3 is 2.62 bits per heavy atom. The van der Waals surface area contributed by atoms with Crippen molar-refractivity contribution in [3.05, 3.63) is 66.5 Å². The van der Waals surface area contributed by atoms with E-state index >= 15 is 0 Å². The molecule has 0 amide bonds. The molecule has 21 heavy (non-hydrogen) atoms. The van der Waals surface area contributed by atoms with Crippen molar-refractivity contribution < 1.29 is 0 Å². The summed E-state index contributed by atoms with van der Waals surface area (Å²) < 4.78 is 2.13. The Bertz CT molecular complexity index is 632. The van der Waals surface area contributed by atoms with Gasteiger partial charge in [0, 0.05) is 15.0 Å². The lowest BCUT2D eigenvalue weighted by atomic mass is 9.98. The Kier molecular flexibility index (Phi) is 6.57. The van der Waals surface area contributed by atoms with Gasteiger partial charge in [-0.1, -0.05) is 74.1 Å². The predicted octanol–water partition coefficient (Wildman–Crippen LogP) is 6.41. The minimum atomic E-state index is 0.165. The Balaban J connectivity index is 2.35. The molecule has 0 fully saturated rings. The molecule has 1 N–H and O–H groups in total. The summed E-state index contributed by atoms with van der Waals surface area (Å²) in [5.74, 6) is 0. The van der Waals surface area contributed by atoms with Gasteiger partial charge in [0.25, 0.3) is 0 Å². The van der Waals surface area contributed by atoms with Crippen molar-refractivity contribution in [1.29, 1.82) is 0 Å². The van der Waals surface area contributed by atoms with E-state index in [1.54, 1.807) is 0 Å². The van der Waals surface area contributed by atoms with Gasteiger partial charge in [-0.2, -0.15) is 0 Å². The van der Waals surface area contributed by atoms with Crippen LogP contribution in [0.15, 0.2) is 45.3 Å². The lowest BCUT2D eigenvalue weighted by Gasteiger charge is -2.21. The summed E-state index contributed by atoms with van der Waals surface area (Å²) in [7, 11) is 0. The molecule has 1 unspecified atom stereocenters. The first-order valence-electron chi connectivity index (χ1n) is 6.64. The van der Waals surface area contributed by atoms with Crippen LogP contribution in [-0.4, -0.2) is 6.54 Å². The molecule has 5 heteroatoms. The largest absolute Gasteiger partial charge is 0.310 e. The van der Waals surface area contributed by atoms with E-state index in [0.29, 0.717) is 10.0 Å². The van der Waals surface area contributed by atoms with Gasteiger partial charge in [0.15, 0.2) is 0 Å². The van der Waals surface area contributed by atoms with Crippen molar-refractivity contribution in [3.8, 4) is 0 Å². The molecule has 2 rings (SSSR count). The van der Waals surface area contributed by atoms with Crippen LogP contribution in [0.4, 0.5) is 0 Å². The minimum Gasteiger partial charge on any atom is -0.310 e. The second-order valence-corrected chi connectivity index (χ2v) is 7.25. The fourth-order valence-corrected chi connectivity index (χ4v) is 3.55. The molecule has 1 atom stereocenters. The zero-order valence-electron chi connectivity index (χ0n) is 11.5. The molecular weight excluding hydrogens is 437 g/mol. The van der Waals surface area contributed by atoms with Crippen molar-refractivity contribution >= 4 is 55.1 Å². The maximum atomic E-state index is 6.32. The van der Waals surface area contributed by atoms with Crippen LogP contribution in [0, 0.1) is 0 Å². The van der Waals surface area contributed by atoms with Crippen molar-refractivity contribution in [1.82, 2.24) is 5.32 Å². The van der Waals surface area contributed by atoms with Gasteiger partial charge in [0.1, 0.15) is 0 Å². The van der Waals surface area contributed by atoms with Crippen LogP contribution in [0.1, 0.15) is 24.1 Å². The molecule has 0 saturated heterocycles. The maximum absolute atomic E-state index is 6.32. The van der Waals surface area contributed by atoms with Gasteiger partial charge in [-0.15, -0.1) is 0 Å². The second kappa shape index (κ2) is 7.98. The summed E-state index contributed by atoms with van der Waals surface area (Å²) in [6.45, 7) is 2.97. The van der Waals surface area contributed by atoms with E-state index in [1.165, 1.54) is 5.56 Å². The summed E-state index contributed by atoms with van der Waals surface area (Å²) in [5, 5.41) is 4.74. The smallest absolute Gasteiger partial charge is 0.0624 e. The van der Waals surface area contributed by atoms with Crippen molar-refractivity contribution in [3.63, 3.8) is 0 Å². The molecular formula is C16H15Br2Cl2N. The Labute approximate surface area is 152 Å². The predicted molar refractivity (Wildman–Crippen MR) is 98.4 cm³/mol. The van der Waals surface area contributed by atoms with E-state index in [9.17, 15) is 0 Å². The molecule has 0 heterocycles. The summed E-state index contributed by atoms with van der Waals surface area (Å²) >= 11 is 19.6. The molecule has 0 aliphatic carbocycles. The number of rotatable bonds is 5. The highest BCUT2D eigenvalue weighted by Gasteiger charge is 2.17. The molecule has 0 bridgehead atoms. The highest BCUT2D eigenvalue weighted by Crippen LogP contribution is 2.32. The molecule has 112 valence electrons. The summed E-state index contributed by atoms with van der Waals surface area (Å²) in [5.41, 5.74) is 2.24. The van der Waals surface area contributed by atoms with Gasteiger partial charge < -0.3 is 5.32 Å². The number of halogens is 4. The molecule has 0 radical (unpaired) electrons. The van der Waals surface area contributed by atoms with Crippen molar-refractivity contribution in [2.45, 2.75) is 19.4 Å². The van der Waals surface area contributed by atoms with Gasteiger partial charge >= 0.3 is 0 Å². The monoisotopic (exact) mass is 449 g/mol. The minimum absolute atomic E-state index is 0.165.